The van der Waals surface area contributed by atoms with Crippen LogP contribution in [0.1, 0.15) is 35.2 Å². The summed E-state index contributed by atoms with van der Waals surface area (Å²) < 4.78 is 0. The minimum absolute atomic E-state index is 0.136. The van der Waals surface area contributed by atoms with Crippen LogP contribution in [-0.2, 0) is 16.1 Å². The number of carbonyl (C=O) groups excluding carboxylic acids is 3. The molecule has 2 aromatic rings. The Kier molecular flexibility index (Phi) is 4.43. The van der Waals surface area contributed by atoms with Crippen molar-refractivity contribution in [2.75, 3.05) is 0 Å². The van der Waals surface area contributed by atoms with Crippen LogP contribution in [0.25, 0.3) is 0 Å². The minimum atomic E-state index is -0.437. The third kappa shape index (κ3) is 2.87. The van der Waals surface area contributed by atoms with Gasteiger partial charge in [-0.1, -0.05) is 54.1 Å². The fraction of sp³-hybridized carbons (Fsp3) is 0.348. The third-order valence-corrected chi connectivity index (χ3v) is 6.99. The molecule has 2 saturated carbocycles. The van der Waals surface area contributed by atoms with Gasteiger partial charge in [-0.2, -0.15) is 5.01 Å². The number of hydrazine groups is 1. The molecule has 2 aliphatic carbocycles. The molecule has 4 atom stereocenters. The van der Waals surface area contributed by atoms with Crippen LogP contribution in [0, 0.1) is 23.7 Å². The average Bonchev–Trinajstić information content (AvgIpc) is 3.41. The first-order valence-electron chi connectivity index (χ1n) is 10.0. The lowest BCUT2D eigenvalue weighted by atomic mass is 9.81. The standard InChI is InChI=1S/C23H21ClN2O3/c24-18-9-5-4-8-17(18)21(27)25(13-14-6-2-1-3-7-14)26-22(28)19-15-10-11-16(12-15)20(19)23(26)29/h1-9,15-16,19-20H,10-13H2/t15-,16-,19-,20+/m0/s1. The van der Waals surface area contributed by atoms with Crippen LogP contribution >= 0.6 is 11.6 Å². The summed E-state index contributed by atoms with van der Waals surface area (Å²) in [5.41, 5.74) is 1.12. The number of fused-ring (bicyclic) bond motifs is 5. The lowest BCUT2D eigenvalue weighted by Gasteiger charge is -2.31. The van der Waals surface area contributed by atoms with E-state index in [0.717, 1.165) is 29.8 Å². The summed E-state index contributed by atoms with van der Waals surface area (Å²) in [7, 11) is 0. The number of benzene rings is 2. The van der Waals surface area contributed by atoms with Gasteiger partial charge in [0, 0.05) is 0 Å². The number of hydrogen-bond donors (Lipinski definition) is 0. The fourth-order valence-electron chi connectivity index (χ4n) is 5.39. The Morgan fingerprint density at radius 3 is 2.14 bits per heavy atom. The van der Waals surface area contributed by atoms with Gasteiger partial charge in [-0.05, 0) is 48.8 Å². The molecule has 0 radical (unpaired) electrons. The fourth-order valence-corrected chi connectivity index (χ4v) is 5.61. The zero-order chi connectivity index (χ0) is 20.1. The maximum atomic E-state index is 13.4. The van der Waals surface area contributed by atoms with E-state index in [1.165, 1.54) is 5.01 Å². The van der Waals surface area contributed by atoms with Crippen molar-refractivity contribution in [3.05, 3.63) is 70.7 Å². The van der Waals surface area contributed by atoms with Crippen molar-refractivity contribution in [1.29, 1.82) is 0 Å². The summed E-state index contributed by atoms with van der Waals surface area (Å²) in [6.45, 7) is 0.136. The molecule has 3 amide bonds. The van der Waals surface area contributed by atoms with Crippen molar-refractivity contribution in [3.63, 3.8) is 0 Å². The highest BCUT2D eigenvalue weighted by Gasteiger charge is 2.62. The second-order valence-electron chi connectivity index (χ2n) is 8.20. The number of carbonyl (C=O) groups is 3. The van der Waals surface area contributed by atoms with Gasteiger partial charge in [0.15, 0.2) is 0 Å². The summed E-state index contributed by atoms with van der Waals surface area (Å²) in [6, 6.07) is 16.1. The summed E-state index contributed by atoms with van der Waals surface area (Å²) >= 11 is 6.26. The third-order valence-electron chi connectivity index (χ3n) is 6.66. The second-order valence-corrected chi connectivity index (χ2v) is 8.61. The van der Waals surface area contributed by atoms with Gasteiger partial charge >= 0.3 is 0 Å². The molecule has 5 rings (SSSR count). The van der Waals surface area contributed by atoms with Crippen LogP contribution < -0.4 is 0 Å². The molecular weight excluding hydrogens is 388 g/mol. The van der Waals surface area contributed by atoms with E-state index in [1.54, 1.807) is 24.3 Å². The Balaban J connectivity index is 1.54. The SMILES string of the molecule is O=C(c1ccccc1Cl)N(Cc1ccccc1)N1C(=O)[C@@H]2[C@H]3CC[C@@H](C3)[C@@H]2C1=O. The molecule has 5 nitrogen and oxygen atoms in total. The van der Waals surface area contributed by atoms with E-state index in [-0.39, 0.29) is 47.6 Å². The van der Waals surface area contributed by atoms with Crippen LogP contribution in [0.5, 0.6) is 0 Å². The van der Waals surface area contributed by atoms with Gasteiger partial charge in [-0.25, -0.2) is 5.01 Å². The van der Waals surface area contributed by atoms with Crippen LogP contribution in [0.3, 0.4) is 0 Å². The number of imide groups is 1. The van der Waals surface area contributed by atoms with E-state index in [4.69, 9.17) is 11.6 Å². The van der Waals surface area contributed by atoms with Gasteiger partial charge in [0.1, 0.15) is 0 Å². The van der Waals surface area contributed by atoms with E-state index in [1.807, 2.05) is 30.3 Å². The molecule has 0 N–H and O–H groups in total. The largest absolute Gasteiger partial charge is 0.274 e. The molecule has 3 aliphatic rings. The summed E-state index contributed by atoms with van der Waals surface area (Å²) in [5.74, 6) is -0.932. The number of rotatable bonds is 4. The maximum Gasteiger partial charge on any atom is 0.274 e. The van der Waals surface area contributed by atoms with Gasteiger partial charge in [0.25, 0.3) is 17.7 Å². The Hall–Kier alpha value is -2.66. The molecular formula is C23H21ClN2O3. The first-order valence-corrected chi connectivity index (χ1v) is 10.4. The second kappa shape index (κ2) is 6.99. The lowest BCUT2D eigenvalue weighted by molar-refractivity contribution is -0.156. The molecule has 1 aliphatic heterocycles. The lowest BCUT2D eigenvalue weighted by Crippen LogP contribution is -2.50. The molecule has 1 heterocycles. The van der Waals surface area contributed by atoms with Gasteiger partial charge in [-0.3, -0.25) is 14.4 Å². The normalized spacial score (nSPS) is 27.4. The molecule has 0 unspecified atom stereocenters. The average molecular weight is 409 g/mol. The molecule has 29 heavy (non-hydrogen) atoms. The van der Waals surface area contributed by atoms with E-state index in [0.29, 0.717) is 5.02 Å². The van der Waals surface area contributed by atoms with Crippen LogP contribution in [0.4, 0.5) is 0 Å². The summed E-state index contributed by atoms with van der Waals surface area (Å²) in [6.07, 6.45) is 2.95. The van der Waals surface area contributed by atoms with Crippen molar-refractivity contribution in [2.24, 2.45) is 23.7 Å². The van der Waals surface area contributed by atoms with Crippen LogP contribution in [0.2, 0.25) is 5.02 Å². The molecule has 6 heteroatoms. The monoisotopic (exact) mass is 408 g/mol. The molecule has 148 valence electrons. The summed E-state index contributed by atoms with van der Waals surface area (Å²) in [5, 5.41) is 2.71. The molecule has 1 saturated heterocycles. The van der Waals surface area contributed by atoms with Crippen molar-refractivity contribution < 1.29 is 14.4 Å². The van der Waals surface area contributed by atoms with Gasteiger partial charge in [-0.15, -0.1) is 0 Å². The molecule has 0 aromatic heterocycles. The van der Waals surface area contributed by atoms with Gasteiger partial charge in [0.2, 0.25) is 0 Å². The van der Waals surface area contributed by atoms with E-state index >= 15 is 0 Å². The predicted molar refractivity (Wildman–Crippen MR) is 107 cm³/mol. The Labute approximate surface area is 174 Å². The van der Waals surface area contributed by atoms with Gasteiger partial charge < -0.3 is 0 Å². The smallest absolute Gasteiger partial charge is 0.272 e. The Morgan fingerprint density at radius 1 is 0.931 bits per heavy atom. The molecule has 3 fully saturated rings. The van der Waals surface area contributed by atoms with Crippen molar-refractivity contribution in [2.45, 2.75) is 25.8 Å². The molecule has 0 spiro atoms. The number of nitrogens with zero attached hydrogens (tertiary/aromatic N) is 2. The highest BCUT2D eigenvalue weighted by molar-refractivity contribution is 6.33. The van der Waals surface area contributed by atoms with E-state index < -0.39 is 5.91 Å². The topological polar surface area (TPSA) is 57.7 Å². The van der Waals surface area contributed by atoms with Crippen LogP contribution in [-0.4, -0.2) is 27.7 Å². The first-order chi connectivity index (χ1) is 14.1. The highest BCUT2D eigenvalue weighted by Crippen LogP contribution is 2.56. The minimum Gasteiger partial charge on any atom is -0.272 e. The number of halogens is 1. The Bertz CT molecular complexity index is 965. The zero-order valence-electron chi connectivity index (χ0n) is 15.8. The summed E-state index contributed by atoms with van der Waals surface area (Å²) in [4.78, 5) is 40.1. The highest BCUT2D eigenvalue weighted by atomic mass is 35.5. The van der Waals surface area contributed by atoms with Crippen molar-refractivity contribution in [3.8, 4) is 0 Å². The van der Waals surface area contributed by atoms with E-state index in [2.05, 4.69) is 0 Å². The van der Waals surface area contributed by atoms with Crippen molar-refractivity contribution in [1.82, 2.24) is 10.0 Å². The number of amides is 3. The maximum absolute atomic E-state index is 13.4. The Morgan fingerprint density at radius 2 is 1.52 bits per heavy atom. The van der Waals surface area contributed by atoms with Crippen LogP contribution in [0.15, 0.2) is 54.6 Å². The quantitative estimate of drug-likeness (QED) is 0.720. The predicted octanol–water partition coefficient (Wildman–Crippen LogP) is 3.93. The molecule has 2 aromatic carbocycles. The number of hydrogen-bond acceptors (Lipinski definition) is 3. The zero-order valence-corrected chi connectivity index (χ0v) is 16.6. The molecule has 2 bridgehead atoms. The van der Waals surface area contributed by atoms with Gasteiger partial charge in [0.05, 0.1) is 29.0 Å². The van der Waals surface area contributed by atoms with E-state index in [9.17, 15) is 14.4 Å². The first kappa shape index (κ1) is 18.4. The van der Waals surface area contributed by atoms with Crippen molar-refractivity contribution >= 4 is 29.3 Å².